The number of hydrogen-bond donors (Lipinski definition) is 1. The molecule has 0 radical (unpaired) electrons. The van der Waals surface area contributed by atoms with Crippen molar-refractivity contribution >= 4 is 23.2 Å². The Morgan fingerprint density at radius 3 is 2.33 bits per heavy atom. The largest absolute Gasteiger partial charge is 0.319 e. The summed E-state index contributed by atoms with van der Waals surface area (Å²) in [6.45, 7) is 6.00. The molecule has 30 heavy (non-hydrogen) atoms. The predicted molar refractivity (Wildman–Crippen MR) is 120 cm³/mol. The van der Waals surface area contributed by atoms with Gasteiger partial charge in [-0.1, -0.05) is 41.4 Å². The van der Waals surface area contributed by atoms with Crippen LogP contribution in [0.4, 0.5) is 5.69 Å². The number of hydrogen-bond acceptors (Lipinski definition) is 3. The lowest BCUT2D eigenvalue weighted by atomic mass is 10.1. The highest BCUT2D eigenvalue weighted by Gasteiger charge is 2.19. The number of carbonyl (C=O) groups is 1. The number of rotatable bonds is 4. The molecule has 0 saturated heterocycles. The van der Waals surface area contributed by atoms with Gasteiger partial charge >= 0.3 is 0 Å². The maximum Gasteiger partial charge on any atom is 0.295 e. The molecule has 1 aromatic heterocycles. The smallest absolute Gasteiger partial charge is 0.295 e. The number of aromatic nitrogens is 3. The normalized spacial score (nSPS) is 10.8. The van der Waals surface area contributed by atoms with Crippen LogP contribution in [0.5, 0.6) is 0 Å². The molecule has 0 fully saturated rings. The van der Waals surface area contributed by atoms with Crippen LogP contribution in [0, 0.1) is 20.8 Å². The van der Waals surface area contributed by atoms with Crippen molar-refractivity contribution in [3.05, 3.63) is 94.3 Å². The molecule has 5 nitrogen and oxygen atoms in total. The lowest BCUT2D eigenvalue weighted by Gasteiger charge is -2.08. The molecule has 150 valence electrons. The summed E-state index contributed by atoms with van der Waals surface area (Å²) in [5.41, 5.74) is 5.65. The maximum absolute atomic E-state index is 12.9. The second-order valence-electron chi connectivity index (χ2n) is 7.21. The van der Waals surface area contributed by atoms with Crippen LogP contribution in [-0.4, -0.2) is 20.7 Å². The van der Waals surface area contributed by atoms with Crippen LogP contribution in [0.3, 0.4) is 0 Å². The maximum atomic E-state index is 12.9. The molecular formula is C24H21ClN4O. The fraction of sp³-hybridized carbons (Fsp3) is 0.125. The highest BCUT2D eigenvalue weighted by Crippen LogP contribution is 2.24. The molecule has 0 spiro atoms. The van der Waals surface area contributed by atoms with Crippen molar-refractivity contribution in [1.29, 1.82) is 0 Å². The molecule has 0 saturated carbocycles. The molecule has 0 aliphatic heterocycles. The Morgan fingerprint density at radius 2 is 1.63 bits per heavy atom. The molecule has 0 aliphatic carbocycles. The summed E-state index contributed by atoms with van der Waals surface area (Å²) in [5, 5.41) is 8.08. The van der Waals surface area contributed by atoms with Gasteiger partial charge in [0.05, 0.1) is 5.69 Å². The van der Waals surface area contributed by atoms with E-state index in [2.05, 4.69) is 15.4 Å². The van der Waals surface area contributed by atoms with Crippen LogP contribution in [0.1, 0.15) is 27.3 Å². The zero-order valence-corrected chi connectivity index (χ0v) is 17.7. The Hall–Kier alpha value is -3.44. The molecule has 1 heterocycles. The summed E-state index contributed by atoms with van der Waals surface area (Å²) >= 11 is 6.04. The van der Waals surface area contributed by atoms with E-state index < -0.39 is 0 Å². The van der Waals surface area contributed by atoms with Crippen LogP contribution in [0.2, 0.25) is 5.02 Å². The van der Waals surface area contributed by atoms with Crippen molar-refractivity contribution in [2.45, 2.75) is 20.8 Å². The minimum atomic E-state index is -0.357. The molecule has 1 amide bonds. The standard InChI is InChI=1S/C24H21ClN4O/c1-15-7-13-20(14-8-15)29-23(18-9-11-19(25)12-10-18)27-22(28-29)24(30)26-21-6-4-5-16(2)17(21)3/h4-14H,1-3H3,(H,26,30). The number of carbonyl (C=O) groups excluding carboxylic acids is 1. The third-order valence-electron chi connectivity index (χ3n) is 5.04. The van der Waals surface area contributed by atoms with Crippen LogP contribution < -0.4 is 5.32 Å². The summed E-state index contributed by atoms with van der Waals surface area (Å²) in [5.74, 6) is 0.313. The highest BCUT2D eigenvalue weighted by molar-refractivity contribution is 6.30. The van der Waals surface area contributed by atoms with Crippen molar-refractivity contribution in [3.8, 4) is 17.1 Å². The van der Waals surface area contributed by atoms with E-state index in [-0.39, 0.29) is 11.7 Å². The summed E-state index contributed by atoms with van der Waals surface area (Å²) in [4.78, 5) is 17.5. The lowest BCUT2D eigenvalue weighted by Crippen LogP contribution is -2.15. The monoisotopic (exact) mass is 416 g/mol. The SMILES string of the molecule is Cc1ccc(-n2nc(C(=O)Nc3cccc(C)c3C)nc2-c2ccc(Cl)cc2)cc1. The van der Waals surface area contributed by atoms with Gasteiger partial charge in [0.15, 0.2) is 5.82 Å². The van der Waals surface area contributed by atoms with E-state index in [0.717, 1.165) is 33.6 Å². The van der Waals surface area contributed by atoms with E-state index in [1.54, 1.807) is 16.8 Å². The van der Waals surface area contributed by atoms with Crippen LogP contribution >= 0.6 is 11.6 Å². The average molecular weight is 417 g/mol. The minimum Gasteiger partial charge on any atom is -0.319 e. The number of amides is 1. The average Bonchev–Trinajstić information content (AvgIpc) is 3.18. The van der Waals surface area contributed by atoms with Gasteiger partial charge in [0, 0.05) is 16.3 Å². The number of aryl methyl sites for hydroxylation is 2. The Morgan fingerprint density at radius 1 is 0.933 bits per heavy atom. The van der Waals surface area contributed by atoms with Gasteiger partial charge in [-0.2, -0.15) is 0 Å². The first-order valence-corrected chi connectivity index (χ1v) is 9.98. The third kappa shape index (κ3) is 3.98. The van der Waals surface area contributed by atoms with Gasteiger partial charge in [-0.15, -0.1) is 5.10 Å². The number of halogens is 1. The summed E-state index contributed by atoms with van der Waals surface area (Å²) < 4.78 is 1.68. The fourth-order valence-corrected chi connectivity index (χ4v) is 3.25. The highest BCUT2D eigenvalue weighted by atomic mass is 35.5. The second-order valence-corrected chi connectivity index (χ2v) is 7.65. The molecule has 3 aromatic carbocycles. The molecule has 0 unspecified atom stereocenters. The van der Waals surface area contributed by atoms with Gasteiger partial charge in [-0.25, -0.2) is 9.67 Å². The fourth-order valence-electron chi connectivity index (χ4n) is 3.12. The molecular weight excluding hydrogens is 396 g/mol. The van der Waals surface area contributed by atoms with E-state index >= 15 is 0 Å². The summed E-state index contributed by atoms with van der Waals surface area (Å²) in [6, 6.07) is 21.0. The Kier molecular flexibility index (Phi) is 5.38. The lowest BCUT2D eigenvalue weighted by molar-refractivity contribution is 0.101. The molecule has 6 heteroatoms. The predicted octanol–water partition coefficient (Wildman–Crippen LogP) is 5.77. The molecule has 0 atom stereocenters. The van der Waals surface area contributed by atoms with E-state index in [1.165, 1.54) is 0 Å². The van der Waals surface area contributed by atoms with Gasteiger partial charge in [-0.3, -0.25) is 4.79 Å². The van der Waals surface area contributed by atoms with Gasteiger partial charge in [0.1, 0.15) is 0 Å². The van der Waals surface area contributed by atoms with Gasteiger partial charge in [0.25, 0.3) is 5.91 Å². The molecule has 0 aliphatic rings. The molecule has 4 aromatic rings. The van der Waals surface area contributed by atoms with Gasteiger partial charge < -0.3 is 5.32 Å². The van der Waals surface area contributed by atoms with Crippen LogP contribution in [0.25, 0.3) is 17.1 Å². The van der Waals surface area contributed by atoms with Crippen molar-refractivity contribution in [2.75, 3.05) is 5.32 Å². The number of anilines is 1. The van der Waals surface area contributed by atoms with E-state index in [0.29, 0.717) is 10.8 Å². The van der Waals surface area contributed by atoms with E-state index in [9.17, 15) is 4.79 Å². The first kappa shape index (κ1) is 19.9. The van der Waals surface area contributed by atoms with Crippen molar-refractivity contribution < 1.29 is 4.79 Å². The summed E-state index contributed by atoms with van der Waals surface area (Å²) in [7, 11) is 0. The third-order valence-corrected chi connectivity index (χ3v) is 5.30. The Labute approximate surface area is 180 Å². The number of nitrogens with zero attached hydrogens (tertiary/aromatic N) is 3. The van der Waals surface area contributed by atoms with Gasteiger partial charge in [0.2, 0.25) is 5.82 Å². The quantitative estimate of drug-likeness (QED) is 0.459. The zero-order valence-electron chi connectivity index (χ0n) is 17.0. The van der Waals surface area contributed by atoms with E-state index in [4.69, 9.17) is 11.6 Å². The first-order valence-electron chi connectivity index (χ1n) is 9.60. The van der Waals surface area contributed by atoms with Crippen molar-refractivity contribution in [3.63, 3.8) is 0 Å². The Balaban J connectivity index is 1.76. The molecule has 1 N–H and O–H groups in total. The molecule has 4 rings (SSSR count). The topological polar surface area (TPSA) is 59.8 Å². The Bertz CT molecular complexity index is 1150. The molecule has 0 bridgehead atoms. The zero-order chi connectivity index (χ0) is 21.3. The van der Waals surface area contributed by atoms with Crippen molar-refractivity contribution in [2.24, 2.45) is 0 Å². The van der Waals surface area contributed by atoms with Crippen LogP contribution in [-0.2, 0) is 0 Å². The second kappa shape index (κ2) is 8.13. The van der Waals surface area contributed by atoms with E-state index in [1.807, 2.05) is 75.4 Å². The first-order chi connectivity index (χ1) is 14.4. The van der Waals surface area contributed by atoms with Crippen molar-refractivity contribution in [1.82, 2.24) is 14.8 Å². The van der Waals surface area contributed by atoms with Gasteiger partial charge in [-0.05, 0) is 74.4 Å². The summed E-state index contributed by atoms with van der Waals surface area (Å²) in [6.07, 6.45) is 0. The van der Waals surface area contributed by atoms with Crippen LogP contribution in [0.15, 0.2) is 66.7 Å². The minimum absolute atomic E-state index is 0.0985. The number of nitrogens with one attached hydrogen (secondary N) is 1. The number of benzene rings is 3.